The van der Waals surface area contributed by atoms with E-state index in [-0.39, 0.29) is 0 Å². The van der Waals surface area contributed by atoms with Gasteiger partial charge >= 0.3 is 0 Å². The van der Waals surface area contributed by atoms with Crippen molar-refractivity contribution in [2.45, 2.75) is 13.8 Å². The van der Waals surface area contributed by atoms with Crippen molar-refractivity contribution in [1.82, 2.24) is 0 Å². The van der Waals surface area contributed by atoms with Gasteiger partial charge in [-0.15, -0.1) is 0 Å². The van der Waals surface area contributed by atoms with Gasteiger partial charge in [0.1, 0.15) is 5.75 Å². The van der Waals surface area contributed by atoms with Gasteiger partial charge in [0.15, 0.2) is 0 Å². The van der Waals surface area contributed by atoms with Gasteiger partial charge in [-0.25, -0.2) is 0 Å². The zero-order chi connectivity index (χ0) is 12.7. The standard InChI is InChI=1S/C8H10O.C7H7Cl/c1-7-4-3-5-8(6-7)9-2;1-6-4-2-3-5-7(6)8/h3-6H,1-2H3;2-5H,1H3. The predicted octanol–water partition coefficient (Wildman–Crippen LogP) is 4.65. The Morgan fingerprint density at radius 1 is 0.941 bits per heavy atom. The number of methoxy groups -OCH3 is 1. The lowest BCUT2D eigenvalue weighted by molar-refractivity contribution is 0.414. The van der Waals surface area contributed by atoms with Crippen LogP contribution in [0.3, 0.4) is 0 Å². The Kier molecular flexibility index (Phi) is 5.58. The van der Waals surface area contributed by atoms with E-state index in [4.69, 9.17) is 16.3 Å². The van der Waals surface area contributed by atoms with Gasteiger partial charge in [-0.05, 0) is 43.2 Å². The van der Waals surface area contributed by atoms with Gasteiger partial charge in [-0.2, -0.15) is 0 Å². The second-order valence-corrected chi connectivity index (χ2v) is 4.18. The molecule has 0 fully saturated rings. The van der Waals surface area contributed by atoms with Crippen molar-refractivity contribution in [2.24, 2.45) is 0 Å². The Bertz CT molecular complexity index is 445. The highest BCUT2D eigenvalue weighted by molar-refractivity contribution is 6.31. The molecule has 2 aromatic carbocycles. The first-order valence-electron chi connectivity index (χ1n) is 5.45. The van der Waals surface area contributed by atoms with Crippen molar-refractivity contribution < 1.29 is 4.74 Å². The minimum atomic E-state index is 0.840. The molecule has 2 rings (SSSR count). The third kappa shape index (κ3) is 4.92. The normalized spacial score (nSPS) is 9.18. The maximum Gasteiger partial charge on any atom is 0.119 e. The van der Waals surface area contributed by atoms with E-state index < -0.39 is 0 Å². The predicted molar refractivity (Wildman–Crippen MR) is 73.9 cm³/mol. The number of rotatable bonds is 1. The van der Waals surface area contributed by atoms with Gasteiger partial charge in [0.2, 0.25) is 0 Å². The van der Waals surface area contributed by atoms with Crippen LogP contribution in [0.5, 0.6) is 5.75 Å². The maximum atomic E-state index is 5.71. The van der Waals surface area contributed by atoms with Crippen LogP contribution in [0.2, 0.25) is 5.02 Å². The molecule has 0 bridgehead atoms. The number of hydrogen-bond acceptors (Lipinski definition) is 1. The molecule has 2 aromatic rings. The van der Waals surface area contributed by atoms with Crippen LogP contribution in [0, 0.1) is 13.8 Å². The molecular formula is C15H17ClO. The molecule has 0 saturated heterocycles. The van der Waals surface area contributed by atoms with Crippen molar-refractivity contribution in [2.75, 3.05) is 7.11 Å². The minimum Gasteiger partial charge on any atom is -0.497 e. The number of aryl methyl sites for hydroxylation is 2. The molecule has 0 unspecified atom stereocenters. The average molecular weight is 249 g/mol. The Balaban J connectivity index is 0.000000171. The zero-order valence-corrected chi connectivity index (χ0v) is 11.2. The van der Waals surface area contributed by atoms with Crippen LogP contribution >= 0.6 is 11.6 Å². The van der Waals surface area contributed by atoms with Gasteiger partial charge < -0.3 is 4.74 Å². The lowest BCUT2D eigenvalue weighted by Gasteiger charge is -1.97. The molecular weight excluding hydrogens is 232 g/mol. The topological polar surface area (TPSA) is 9.23 Å². The molecule has 90 valence electrons. The van der Waals surface area contributed by atoms with Crippen molar-refractivity contribution in [3.8, 4) is 5.75 Å². The molecule has 0 N–H and O–H groups in total. The van der Waals surface area contributed by atoms with Crippen molar-refractivity contribution in [3.63, 3.8) is 0 Å². The van der Waals surface area contributed by atoms with Gasteiger partial charge in [-0.3, -0.25) is 0 Å². The van der Waals surface area contributed by atoms with E-state index in [0.29, 0.717) is 0 Å². The molecule has 0 atom stereocenters. The molecule has 0 heterocycles. The van der Waals surface area contributed by atoms with Crippen molar-refractivity contribution >= 4 is 11.6 Å². The van der Waals surface area contributed by atoms with Crippen molar-refractivity contribution in [1.29, 1.82) is 0 Å². The molecule has 0 spiro atoms. The van der Waals surface area contributed by atoms with Crippen LogP contribution in [0.25, 0.3) is 0 Å². The summed E-state index contributed by atoms with van der Waals surface area (Å²) < 4.78 is 5.00. The Morgan fingerprint density at radius 2 is 1.65 bits per heavy atom. The lowest BCUT2D eigenvalue weighted by Crippen LogP contribution is -1.81. The SMILES string of the molecule is COc1cccc(C)c1.Cc1ccccc1Cl. The fourth-order valence-electron chi connectivity index (χ4n) is 1.29. The van der Waals surface area contributed by atoms with Crippen LogP contribution < -0.4 is 4.74 Å². The second kappa shape index (κ2) is 6.97. The van der Waals surface area contributed by atoms with Gasteiger partial charge in [0.05, 0.1) is 7.11 Å². The fraction of sp³-hybridized carbons (Fsp3) is 0.200. The molecule has 17 heavy (non-hydrogen) atoms. The first-order valence-corrected chi connectivity index (χ1v) is 5.83. The third-order valence-corrected chi connectivity index (χ3v) is 2.73. The summed E-state index contributed by atoms with van der Waals surface area (Å²) in [4.78, 5) is 0. The number of hydrogen-bond donors (Lipinski definition) is 0. The summed E-state index contributed by atoms with van der Waals surface area (Å²) in [5, 5.41) is 0.840. The summed E-state index contributed by atoms with van der Waals surface area (Å²) in [6.07, 6.45) is 0. The molecule has 0 radical (unpaired) electrons. The van der Waals surface area contributed by atoms with E-state index in [1.54, 1.807) is 7.11 Å². The molecule has 0 saturated carbocycles. The Morgan fingerprint density at radius 3 is 2.06 bits per heavy atom. The van der Waals surface area contributed by atoms with E-state index in [1.165, 1.54) is 5.56 Å². The van der Waals surface area contributed by atoms with E-state index in [0.717, 1.165) is 16.3 Å². The van der Waals surface area contributed by atoms with Gasteiger partial charge in [-0.1, -0.05) is 41.9 Å². The number of halogens is 1. The van der Waals surface area contributed by atoms with E-state index >= 15 is 0 Å². The van der Waals surface area contributed by atoms with E-state index in [9.17, 15) is 0 Å². The summed E-state index contributed by atoms with van der Waals surface area (Å²) >= 11 is 5.71. The Hall–Kier alpha value is -1.47. The summed E-state index contributed by atoms with van der Waals surface area (Å²) in [6, 6.07) is 15.7. The van der Waals surface area contributed by atoms with Gasteiger partial charge in [0.25, 0.3) is 0 Å². The van der Waals surface area contributed by atoms with Crippen molar-refractivity contribution in [3.05, 3.63) is 64.7 Å². The van der Waals surface area contributed by atoms with Crippen LogP contribution in [0.4, 0.5) is 0 Å². The van der Waals surface area contributed by atoms with E-state index in [2.05, 4.69) is 0 Å². The average Bonchev–Trinajstić information content (AvgIpc) is 2.34. The van der Waals surface area contributed by atoms with Gasteiger partial charge in [0, 0.05) is 5.02 Å². The monoisotopic (exact) mass is 248 g/mol. The molecule has 0 aromatic heterocycles. The zero-order valence-electron chi connectivity index (χ0n) is 10.4. The fourth-order valence-corrected chi connectivity index (χ4v) is 1.43. The summed E-state index contributed by atoms with van der Waals surface area (Å²) in [6.45, 7) is 4.03. The molecule has 1 nitrogen and oxygen atoms in total. The quantitative estimate of drug-likeness (QED) is 0.714. The first kappa shape index (κ1) is 13.6. The van der Waals surface area contributed by atoms with Crippen LogP contribution in [-0.2, 0) is 0 Å². The smallest absolute Gasteiger partial charge is 0.119 e. The second-order valence-electron chi connectivity index (χ2n) is 3.77. The molecule has 0 aliphatic heterocycles. The highest BCUT2D eigenvalue weighted by atomic mass is 35.5. The number of benzene rings is 2. The lowest BCUT2D eigenvalue weighted by atomic mass is 10.2. The number of ether oxygens (including phenoxy) is 1. The summed E-state index contributed by atoms with van der Waals surface area (Å²) in [5.74, 6) is 0.926. The summed E-state index contributed by atoms with van der Waals surface area (Å²) in [7, 11) is 1.68. The third-order valence-electron chi connectivity index (χ3n) is 2.30. The van der Waals surface area contributed by atoms with Crippen LogP contribution in [0.15, 0.2) is 48.5 Å². The van der Waals surface area contributed by atoms with E-state index in [1.807, 2.05) is 62.4 Å². The highest BCUT2D eigenvalue weighted by Crippen LogP contribution is 2.12. The molecule has 0 aliphatic carbocycles. The highest BCUT2D eigenvalue weighted by Gasteiger charge is 1.87. The maximum absolute atomic E-state index is 5.71. The first-order chi connectivity index (χ1) is 8.13. The van der Waals surface area contributed by atoms with Crippen LogP contribution in [-0.4, -0.2) is 7.11 Å². The van der Waals surface area contributed by atoms with Crippen LogP contribution in [0.1, 0.15) is 11.1 Å². The Labute approximate surface area is 108 Å². The molecule has 0 amide bonds. The minimum absolute atomic E-state index is 0.840. The largest absolute Gasteiger partial charge is 0.497 e. The molecule has 2 heteroatoms. The summed E-state index contributed by atoms with van der Waals surface area (Å²) in [5.41, 5.74) is 2.36. The molecule has 0 aliphatic rings.